The van der Waals surface area contributed by atoms with Crippen molar-refractivity contribution in [2.24, 2.45) is 5.92 Å². The minimum absolute atomic E-state index is 0.591. The van der Waals surface area contributed by atoms with Gasteiger partial charge in [-0.1, -0.05) is 39.0 Å². The summed E-state index contributed by atoms with van der Waals surface area (Å²) < 4.78 is 5.66. The first-order valence-corrected chi connectivity index (χ1v) is 7.69. The van der Waals surface area contributed by atoms with Crippen molar-refractivity contribution in [2.75, 3.05) is 19.8 Å². The second-order valence-electron chi connectivity index (χ2n) is 5.33. The van der Waals surface area contributed by atoms with Crippen molar-refractivity contribution in [3.05, 3.63) is 0 Å². The van der Waals surface area contributed by atoms with Gasteiger partial charge in [0.05, 0.1) is 6.61 Å². The van der Waals surface area contributed by atoms with Gasteiger partial charge in [0.25, 0.3) is 0 Å². The lowest BCUT2D eigenvalue weighted by Gasteiger charge is -2.29. The molecule has 0 aromatic rings. The van der Waals surface area contributed by atoms with Crippen LogP contribution in [0.4, 0.5) is 0 Å². The van der Waals surface area contributed by atoms with Gasteiger partial charge < -0.3 is 10.1 Å². The molecular formula is C15H31NO. The number of hydrogen-bond acceptors (Lipinski definition) is 2. The summed E-state index contributed by atoms with van der Waals surface area (Å²) in [6.07, 6.45) is 11.2. The summed E-state index contributed by atoms with van der Waals surface area (Å²) in [4.78, 5) is 0. The Morgan fingerprint density at radius 2 is 1.71 bits per heavy atom. The van der Waals surface area contributed by atoms with Crippen molar-refractivity contribution in [1.82, 2.24) is 5.32 Å². The summed E-state index contributed by atoms with van der Waals surface area (Å²) in [6.45, 7) is 7.21. The Balaban J connectivity index is 2.39. The zero-order chi connectivity index (χ0) is 12.3. The van der Waals surface area contributed by atoms with E-state index in [0.717, 1.165) is 25.7 Å². The van der Waals surface area contributed by atoms with Crippen LogP contribution in [0.25, 0.3) is 0 Å². The molecule has 0 aromatic heterocycles. The largest absolute Gasteiger partial charge is 0.380 e. The van der Waals surface area contributed by atoms with Crippen LogP contribution in [0.3, 0.4) is 0 Å². The van der Waals surface area contributed by atoms with Gasteiger partial charge in [-0.25, -0.2) is 0 Å². The first kappa shape index (κ1) is 15.0. The number of nitrogens with one attached hydrogen (secondary N) is 1. The molecule has 2 nitrogen and oxygen atoms in total. The molecule has 1 rings (SSSR count). The van der Waals surface area contributed by atoms with Crippen molar-refractivity contribution >= 4 is 0 Å². The van der Waals surface area contributed by atoms with Gasteiger partial charge in [-0.05, 0) is 38.6 Å². The fourth-order valence-corrected chi connectivity index (χ4v) is 2.83. The molecule has 0 aromatic carbocycles. The molecular weight excluding hydrogens is 210 g/mol. The summed E-state index contributed by atoms with van der Waals surface area (Å²) in [5.74, 6) is 0.841. The molecule has 0 spiro atoms. The average Bonchev–Trinajstić information content (AvgIpc) is 2.30. The molecule has 1 N–H and O–H groups in total. The standard InChI is InChI=1S/C15H31NO/c1-3-12-16-15(13-17-4-2)14-10-8-6-5-7-9-11-14/h14-16H,3-13H2,1-2H3. The maximum absolute atomic E-state index is 5.66. The highest BCUT2D eigenvalue weighted by Crippen LogP contribution is 2.25. The topological polar surface area (TPSA) is 21.3 Å². The van der Waals surface area contributed by atoms with Gasteiger partial charge >= 0.3 is 0 Å². The van der Waals surface area contributed by atoms with Crippen molar-refractivity contribution in [1.29, 1.82) is 0 Å². The Kier molecular flexibility index (Phi) is 8.72. The molecule has 17 heavy (non-hydrogen) atoms. The van der Waals surface area contributed by atoms with Crippen LogP contribution in [0, 0.1) is 5.92 Å². The molecule has 1 unspecified atom stereocenters. The van der Waals surface area contributed by atoms with Crippen LogP contribution in [0.1, 0.15) is 65.2 Å². The SMILES string of the molecule is CCCNC(COCC)C1CCCCCCC1. The fraction of sp³-hybridized carbons (Fsp3) is 1.00. The van der Waals surface area contributed by atoms with Crippen LogP contribution in [-0.2, 0) is 4.74 Å². The summed E-state index contributed by atoms with van der Waals surface area (Å²) in [7, 11) is 0. The summed E-state index contributed by atoms with van der Waals surface area (Å²) in [5.41, 5.74) is 0. The van der Waals surface area contributed by atoms with E-state index in [1.165, 1.54) is 51.4 Å². The molecule has 1 aliphatic carbocycles. The van der Waals surface area contributed by atoms with Crippen LogP contribution >= 0.6 is 0 Å². The van der Waals surface area contributed by atoms with E-state index in [-0.39, 0.29) is 0 Å². The first-order valence-electron chi connectivity index (χ1n) is 7.69. The van der Waals surface area contributed by atoms with Crippen molar-refractivity contribution < 1.29 is 4.74 Å². The normalized spacial score (nSPS) is 20.8. The third-order valence-corrected chi connectivity index (χ3v) is 3.88. The van der Waals surface area contributed by atoms with E-state index in [1.807, 2.05) is 0 Å². The van der Waals surface area contributed by atoms with Gasteiger partial charge in [0.15, 0.2) is 0 Å². The van der Waals surface area contributed by atoms with Crippen molar-refractivity contribution in [2.45, 2.75) is 71.3 Å². The van der Waals surface area contributed by atoms with Gasteiger partial charge in [0, 0.05) is 12.6 Å². The van der Waals surface area contributed by atoms with Crippen molar-refractivity contribution in [3.8, 4) is 0 Å². The highest BCUT2D eigenvalue weighted by molar-refractivity contribution is 4.77. The predicted molar refractivity (Wildman–Crippen MR) is 74.4 cm³/mol. The van der Waals surface area contributed by atoms with Gasteiger partial charge in [-0.3, -0.25) is 0 Å². The van der Waals surface area contributed by atoms with Crippen LogP contribution in [0.2, 0.25) is 0 Å². The molecule has 102 valence electrons. The second kappa shape index (κ2) is 9.90. The average molecular weight is 241 g/mol. The van der Waals surface area contributed by atoms with E-state index in [1.54, 1.807) is 0 Å². The molecule has 2 heteroatoms. The lowest BCUT2D eigenvalue weighted by Crippen LogP contribution is -2.40. The Morgan fingerprint density at radius 1 is 1.06 bits per heavy atom. The molecule has 0 amide bonds. The van der Waals surface area contributed by atoms with Crippen LogP contribution in [-0.4, -0.2) is 25.8 Å². The highest BCUT2D eigenvalue weighted by Gasteiger charge is 2.21. The van der Waals surface area contributed by atoms with E-state index < -0.39 is 0 Å². The molecule has 1 saturated carbocycles. The zero-order valence-corrected chi connectivity index (χ0v) is 11.8. The van der Waals surface area contributed by atoms with E-state index >= 15 is 0 Å². The van der Waals surface area contributed by atoms with Gasteiger partial charge in [0.2, 0.25) is 0 Å². The summed E-state index contributed by atoms with van der Waals surface area (Å²) >= 11 is 0. The number of hydrogen-bond donors (Lipinski definition) is 1. The minimum atomic E-state index is 0.591. The van der Waals surface area contributed by atoms with E-state index in [9.17, 15) is 0 Å². The number of ether oxygens (including phenoxy) is 1. The van der Waals surface area contributed by atoms with E-state index in [0.29, 0.717) is 6.04 Å². The van der Waals surface area contributed by atoms with Crippen LogP contribution < -0.4 is 5.32 Å². The molecule has 0 heterocycles. The smallest absolute Gasteiger partial charge is 0.0622 e. The van der Waals surface area contributed by atoms with Gasteiger partial charge in [-0.2, -0.15) is 0 Å². The molecule has 1 atom stereocenters. The summed E-state index contributed by atoms with van der Waals surface area (Å²) in [6, 6.07) is 0.591. The Morgan fingerprint density at radius 3 is 2.29 bits per heavy atom. The molecule has 0 radical (unpaired) electrons. The Bertz CT molecular complexity index is 156. The zero-order valence-electron chi connectivity index (χ0n) is 11.8. The second-order valence-corrected chi connectivity index (χ2v) is 5.33. The van der Waals surface area contributed by atoms with Crippen LogP contribution in [0.5, 0.6) is 0 Å². The first-order chi connectivity index (χ1) is 8.38. The van der Waals surface area contributed by atoms with Crippen LogP contribution in [0.15, 0.2) is 0 Å². The Hall–Kier alpha value is -0.0800. The molecule has 0 bridgehead atoms. The monoisotopic (exact) mass is 241 g/mol. The van der Waals surface area contributed by atoms with Crippen molar-refractivity contribution in [3.63, 3.8) is 0 Å². The third kappa shape index (κ3) is 6.42. The highest BCUT2D eigenvalue weighted by atomic mass is 16.5. The predicted octanol–water partition coefficient (Wildman–Crippen LogP) is 3.75. The molecule has 0 aliphatic heterocycles. The maximum atomic E-state index is 5.66. The van der Waals surface area contributed by atoms with E-state index in [2.05, 4.69) is 19.2 Å². The molecule has 0 saturated heterocycles. The lowest BCUT2D eigenvalue weighted by atomic mass is 9.86. The fourth-order valence-electron chi connectivity index (χ4n) is 2.83. The molecule has 1 aliphatic rings. The number of rotatable bonds is 7. The van der Waals surface area contributed by atoms with Gasteiger partial charge in [0.1, 0.15) is 0 Å². The maximum Gasteiger partial charge on any atom is 0.0622 e. The minimum Gasteiger partial charge on any atom is -0.380 e. The third-order valence-electron chi connectivity index (χ3n) is 3.88. The Labute approximate surface area is 108 Å². The molecule has 1 fully saturated rings. The quantitative estimate of drug-likeness (QED) is 0.733. The summed E-state index contributed by atoms with van der Waals surface area (Å²) in [5, 5.41) is 3.70. The lowest BCUT2D eigenvalue weighted by molar-refractivity contribution is 0.0958. The van der Waals surface area contributed by atoms with E-state index in [4.69, 9.17) is 4.74 Å². The van der Waals surface area contributed by atoms with Gasteiger partial charge in [-0.15, -0.1) is 0 Å².